The monoisotopic (exact) mass is 418 g/mol. The van der Waals surface area contributed by atoms with E-state index in [0.717, 1.165) is 0 Å². The lowest BCUT2D eigenvalue weighted by atomic mass is 10.2. The van der Waals surface area contributed by atoms with Gasteiger partial charge in [0.25, 0.3) is 5.91 Å². The van der Waals surface area contributed by atoms with E-state index in [-0.39, 0.29) is 23.9 Å². The molecule has 1 atom stereocenters. The van der Waals surface area contributed by atoms with Gasteiger partial charge < -0.3 is 14.4 Å². The summed E-state index contributed by atoms with van der Waals surface area (Å²) in [6.07, 6.45) is -0.150. The molecule has 1 aliphatic rings. The fourth-order valence-corrected chi connectivity index (χ4v) is 4.72. The van der Waals surface area contributed by atoms with E-state index in [0.29, 0.717) is 31.0 Å². The molecule has 1 unspecified atom stereocenters. The van der Waals surface area contributed by atoms with Crippen molar-refractivity contribution in [2.24, 2.45) is 0 Å². The molecule has 1 aliphatic heterocycles. The molecule has 2 aromatic carbocycles. The zero-order valence-corrected chi connectivity index (χ0v) is 17.5. The number of ether oxygens (including phenoxy) is 2. The molecule has 0 spiro atoms. The maximum Gasteiger partial charge on any atom is 0.263 e. The van der Waals surface area contributed by atoms with Gasteiger partial charge in [-0.3, -0.25) is 4.79 Å². The van der Waals surface area contributed by atoms with Crippen LogP contribution in [0.15, 0.2) is 59.5 Å². The average Bonchev–Trinajstić information content (AvgIpc) is 2.78. The summed E-state index contributed by atoms with van der Waals surface area (Å²) in [7, 11) is -1.99. The number of nitrogens with zero attached hydrogens (tertiary/aromatic N) is 2. The maximum absolute atomic E-state index is 13.0. The maximum atomic E-state index is 13.0. The molecular weight excluding hydrogens is 392 g/mol. The van der Waals surface area contributed by atoms with Crippen LogP contribution in [-0.2, 0) is 14.8 Å². The standard InChI is InChI=1S/C21H26N2O5S/c1-3-18(28-20-12-8-7-11-19(20)27-2)21(24)22-13-15-23(16-14-22)29(25,26)17-9-5-4-6-10-17/h4-12,18H,3,13-16H2,1-2H3. The lowest BCUT2D eigenvalue weighted by molar-refractivity contribution is -0.140. The predicted molar refractivity (Wildman–Crippen MR) is 109 cm³/mol. The van der Waals surface area contributed by atoms with Crippen LogP contribution in [0.25, 0.3) is 0 Å². The van der Waals surface area contributed by atoms with E-state index in [1.807, 2.05) is 19.1 Å². The minimum absolute atomic E-state index is 0.143. The molecule has 1 amide bonds. The molecule has 1 saturated heterocycles. The van der Waals surface area contributed by atoms with Crippen molar-refractivity contribution in [3.63, 3.8) is 0 Å². The summed E-state index contributed by atoms with van der Waals surface area (Å²) >= 11 is 0. The summed E-state index contributed by atoms with van der Waals surface area (Å²) < 4.78 is 38.1. The first-order chi connectivity index (χ1) is 14.0. The number of methoxy groups -OCH3 is 1. The number of benzene rings is 2. The molecule has 3 rings (SSSR count). The van der Waals surface area contributed by atoms with Crippen molar-refractivity contribution >= 4 is 15.9 Å². The fraction of sp³-hybridized carbons (Fsp3) is 0.381. The first-order valence-corrected chi connectivity index (χ1v) is 11.0. The van der Waals surface area contributed by atoms with Crippen molar-refractivity contribution in [3.8, 4) is 11.5 Å². The van der Waals surface area contributed by atoms with E-state index in [1.165, 1.54) is 4.31 Å². The largest absolute Gasteiger partial charge is 0.493 e. The Morgan fingerprint density at radius 3 is 2.14 bits per heavy atom. The van der Waals surface area contributed by atoms with Crippen molar-refractivity contribution < 1.29 is 22.7 Å². The number of sulfonamides is 1. The number of hydrogen-bond acceptors (Lipinski definition) is 5. The third-order valence-electron chi connectivity index (χ3n) is 4.92. The number of amides is 1. The molecule has 0 saturated carbocycles. The Hall–Kier alpha value is -2.58. The van der Waals surface area contributed by atoms with Gasteiger partial charge in [0.1, 0.15) is 0 Å². The van der Waals surface area contributed by atoms with Gasteiger partial charge >= 0.3 is 0 Å². The molecule has 0 aromatic heterocycles. The number of rotatable bonds is 7. The summed E-state index contributed by atoms with van der Waals surface area (Å²) in [5.41, 5.74) is 0. The van der Waals surface area contributed by atoms with Crippen molar-refractivity contribution in [2.45, 2.75) is 24.3 Å². The van der Waals surface area contributed by atoms with Crippen LogP contribution in [0, 0.1) is 0 Å². The number of carbonyl (C=O) groups is 1. The van der Waals surface area contributed by atoms with Crippen LogP contribution < -0.4 is 9.47 Å². The molecule has 1 fully saturated rings. The highest BCUT2D eigenvalue weighted by Crippen LogP contribution is 2.28. The van der Waals surface area contributed by atoms with Crippen LogP contribution in [0.3, 0.4) is 0 Å². The van der Waals surface area contributed by atoms with Crippen molar-refractivity contribution in [3.05, 3.63) is 54.6 Å². The number of para-hydroxylation sites is 2. The number of piperazine rings is 1. The predicted octanol–water partition coefficient (Wildman–Crippen LogP) is 2.39. The van der Waals surface area contributed by atoms with Crippen LogP contribution in [0.2, 0.25) is 0 Å². The third-order valence-corrected chi connectivity index (χ3v) is 6.83. The fourth-order valence-electron chi connectivity index (χ4n) is 3.27. The molecule has 2 aromatic rings. The topological polar surface area (TPSA) is 76.2 Å². The minimum Gasteiger partial charge on any atom is -0.493 e. The van der Waals surface area contributed by atoms with Gasteiger partial charge in [-0.2, -0.15) is 4.31 Å². The lowest BCUT2D eigenvalue weighted by Gasteiger charge is -2.35. The van der Waals surface area contributed by atoms with E-state index in [9.17, 15) is 13.2 Å². The number of carbonyl (C=O) groups excluding carboxylic acids is 1. The minimum atomic E-state index is -3.55. The SMILES string of the molecule is CCC(Oc1ccccc1OC)C(=O)N1CCN(S(=O)(=O)c2ccccc2)CC1. The van der Waals surface area contributed by atoms with E-state index in [4.69, 9.17) is 9.47 Å². The van der Waals surface area contributed by atoms with Crippen LogP contribution in [0.5, 0.6) is 11.5 Å². The smallest absolute Gasteiger partial charge is 0.263 e. The molecule has 0 bridgehead atoms. The average molecular weight is 419 g/mol. The molecule has 8 heteroatoms. The van der Waals surface area contributed by atoms with E-state index >= 15 is 0 Å². The Kier molecular flexibility index (Phi) is 6.76. The zero-order chi connectivity index (χ0) is 20.9. The summed E-state index contributed by atoms with van der Waals surface area (Å²) in [5.74, 6) is 0.938. The third kappa shape index (κ3) is 4.71. The second-order valence-corrected chi connectivity index (χ2v) is 8.65. The summed E-state index contributed by atoms with van der Waals surface area (Å²) in [5, 5.41) is 0. The van der Waals surface area contributed by atoms with Gasteiger partial charge in [0.05, 0.1) is 12.0 Å². The van der Waals surface area contributed by atoms with Gasteiger partial charge in [-0.05, 0) is 30.7 Å². The van der Waals surface area contributed by atoms with Crippen LogP contribution in [0.1, 0.15) is 13.3 Å². The van der Waals surface area contributed by atoms with Gasteiger partial charge in [-0.25, -0.2) is 8.42 Å². The van der Waals surface area contributed by atoms with Crippen LogP contribution in [0.4, 0.5) is 0 Å². The number of hydrogen-bond donors (Lipinski definition) is 0. The Balaban J connectivity index is 1.64. The molecule has 1 heterocycles. The second-order valence-electron chi connectivity index (χ2n) is 6.71. The molecular formula is C21H26N2O5S. The summed E-state index contributed by atoms with van der Waals surface area (Å²) in [6, 6.07) is 15.5. The summed E-state index contributed by atoms with van der Waals surface area (Å²) in [6.45, 7) is 3.06. The zero-order valence-electron chi connectivity index (χ0n) is 16.7. The van der Waals surface area contributed by atoms with Gasteiger partial charge in [0.15, 0.2) is 17.6 Å². The normalized spacial score (nSPS) is 16.3. The molecule has 0 radical (unpaired) electrons. The van der Waals surface area contributed by atoms with Crippen LogP contribution >= 0.6 is 0 Å². The van der Waals surface area contributed by atoms with Gasteiger partial charge in [-0.15, -0.1) is 0 Å². The highest BCUT2D eigenvalue weighted by molar-refractivity contribution is 7.89. The first kappa shape index (κ1) is 21.1. The van der Waals surface area contributed by atoms with Gasteiger partial charge in [-0.1, -0.05) is 37.3 Å². The lowest BCUT2D eigenvalue weighted by Crippen LogP contribution is -2.53. The van der Waals surface area contributed by atoms with Crippen molar-refractivity contribution in [1.29, 1.82) is 0 Å². The summed E-state index contributed by atoms with van der Waals surface area (Å²) in [4.78, 5) is 14.9. The highest BCUT2D eigenvalue weighted by Gasteiger charge is 2.33. The Labute approximate surface area is 171 Å². The van der Waals surface area contributed by atoms with Crippen LogP contribution in [-0.4, -0.2) is 62.9 Å². The van der Waals surface area contributed by atoms with E-state index in [2.05, 4.69) is 0 Å². The Morgan fingerprint density at radius 2 is 1.55 bits per heavy atom. The second kappa shape index (κ2) is 9.28. The van der Waals surface area contributed by atoms with Gasteiger partial charge in [0.2, 0.25) is 10.0 Å². The van der Waals surface area contributed by atoms with E-state index in [1.54, 1.807) is 54.5 Å². The first-order valence-electron chi connectivity index (χ1n) is 9.61. The quantitative estimate of drug-likeness (QED) is 0.690. The molecule has 29 heavy (non-hydrogen) atoms. The van der Waals surface area contributed by atoms with Crippen molar-refractivity contribution in [1.82, 2.24) is 9.21 Å². The highest BCUT2D eigenvalue weighted by atomic mass is 32.2. The molecule has 0 aliphatic carbocycles. The molecule has 7 nitrogen and oxygen atoms in total. The Morgan fingerprint density at radius 1 is 0.966 bits per heavy atom. The Bertz CT molecular complexity index is 925. The molecule has 0 N–H and O–H groups in total. The van der Waals surface area contributed by atoms with Gasteiger partial charge in [0, 0.05) is 26.2 Å². The molecule has 156 valence electrons. The van der Waals surface area contributed by atoms with E-state index < -0.39 is 16.1 Å². The van der Waals surface area contributed by atoms with Crippen molar-refractivity contribution in [2.75, 3.05) is 33.3 Å².